The van der Waals surface area contributed by atoms with Crippen LogP contribution in [0.25, 0.3) is 10.9 Å². The molecule has 1 unspecified atom stereocenters. The monoisotopic (exact) mass is 259 g/mol. The van der Waals surface area contributed by atoms with Gasteiger partial charge in [0.25, 0.3) is 0 Å². The Hall–Kier alpha value is -1.49. The van der Waals surface area contributed by atoms with Gasteiger partial charge in [0.15, 0.2) is 0 Å². The lowest BCUT2D eigenvalue weighted by Crippen LogP contribution is -2.44. The van der Waals surface area contributed by atoms with Crippen LogP contribution in [-0.4, -0.2) is 17.2 Å². The standard InChI is InChI=1S/C15H21N3O/c1-4-19-15(2,3)14(18-16)12-7-5-9-13-11(12)8-6-10-17-13/h5-10,14,18H,4,16H2,1-3H3. The molecular weight excluding hydrogens is 238 g/mol. The molecule has 0 saturated carbocycles. The van der Waals surface area contributed by atoms with Crippen molar-refractivity contribution in [1.29, 1.82) is 0 Å². The molecule has 0 radical (unpaired) electrons. The highest BCUT2D eigenvalue weighted by molar-refractivity contribution is 5.82. The lowest BCUT2D eigenvalue weighted by molar-refractivity contribution is -0.0389. The van der Waals surface area contributed by atoms with E-state index in [4.69, 9.17) is 10.6 Å². The minimum absolute atomic E-state index is 0.0969. The van der Waals surface area contributed by atoms with Crippen molar-refractivity contribution in [1.82, 2.24) is 10.4 Å². The highest BCUT2D eigenvalue weighted by atomic mass is 16.5. The number of fused-ring (bicyclic) bond motifs is 1. The number of pyridine rings is 1. The Morgan fingerprint density at radius 2 is 2.11 bits per heavy atom. The van der Waals surface area contributed by atoms with Crippen LogP contribution in [0.5, 0.6) is 0 Å². The van der Waals surface area contributed by atoms with Crippen molar-refractivity contribution < 1.29 is 4.74 Å². The first-order valence-electron chi connectivity index (χ1n) is 6.54. The molecule has 102 valence electrons. The molecule has 0 aliphatic rings. The lowest BCUT2D eigenvalue weighted by Gasteiger charge is -2.34. The quantitative estimate of drug-likeness (QED) is 0.640. The molecule has 3 N–H and O–H groups in total. The number of hydrogen-bond donors (Lipinski definition) is 2. The van der Waals surface area contributed by atoms with Crippen molar-refractivity contribution in [2.45, 2.75) is 32.4 Å². The third-order valence-corrected chi connectivity index (χ3v) is 3.37. The number of nitrogens with zero attached hydrogens (tertiary/aromatic N) is 1. The summed E-state index contributed by atoms with van der Waals surface area (Å²) in [6.07, 6.45) is 1.80. The van der Waals surface area contributed by atoms with E-state index in [-0.39, 0.29) is 6.04 Å². The van der Waals surface area contributed by atoms with E-state index in [1.54, 1.807) is 6.20 Å². The van der Waals surface area contributed by atoms with Gasteiger partial charge in [-0.3, -0.25) is 16.3 Å². The van der Waals surface area contributed by atoms with Gasteiger partial charge in [-0.1, -0.05) is 18.2 Å². The summed E-state index contributed by atoms with van der Waals surface area (Å²) in [5, 5.41) is 1.10. The molecule has 0 spiro atoms. The Kier molecular flexibility index (Phi) is 4.14. The summed E-state index contributed by atoms with van der Waals surface area (Å²) >= 11 is 0. The third kappa shape index (κ3) is 2.76. The Bertz CT molecular complexity index is 549. The summed E-state index contributed by atoms with van der Waals surface area (Å²) in [6.45, 7) is 6.71. The summed E-state index contributed by atoms with van der Waals surface area (Å²) in [4.78, 5) is 4.38. The molecule has 0 aliphatic heterocycles. The molecule has 2 aromatic rings. The minimum Gasteiger partial charge on any atom is -0.374 e. The Morgan fingerprint density at radius 3 is 2.79 bits per heavy atom. The van der Waals surface area contributed by atoms with Crippen molar-refractivity contribution >= 4 is 10.9 Å². The second-order valence-electron chi connectivity index (χ2n) is 5.05. The molecule has 0 aliphatic carbocycles. The van der Waals surface area contributed by atoms with Gasteiger partial charge in [0.1, 0.15) is 0 Å². The average Bonchev–Trinajstić information content (AvgIpc) is 2.39. The van der Waals surface area contributed by atoms with E-state index < -0.39 is 5.60 Å². The summed E-state index contributed by atoms with van der Waals surface area (Å²) in [5.41, 5.74) is 4.56. The maximum absolute atomic E-state index is 5.82. The zero-order valence-corrected chi connectivity index (χ0v) is 11.7. The zero-order chi connectivity index (χ0) is 13.9. The van der Waals surface area contributed by atoms with E-state index in [9.17, 15) is 0 Å². The molecular formula is C15H21N3O. The van der Waals surface area contributed by atoms with Gasteiger partial charge in [-0.15, -0.1) is 0 Å². The van der Waals surface area contributed by atoms with Crippen molar-refractivity contribution in [3.63, 3.8) is 0 Å². The van der Waals surface area contributed by atoms with E-state index in [0.717, 1.165) is 16.5 Å². The Morgan fingerprint density at radius 1 is 1.32 bits per heavy atom. The van der Waals surface area contributed by atoms with E-state index in [1.807, 2.05) is 39.0 Å². The molecule has 1 aromatic heterocycles. The second-order valence-corrected chi connectivity index (χ2v) is 5.05. The van der Waals surface area contributed by atoms with Gasteiger partial charge < -0.3 is 4.74 Å². The van der Waals surface area contributed by atoms with Crippen LogP contribution in [0.15, 0.2) is 36.5 Å². The first kappa shape index (κ1) is 13.9. The molecule has 19 heavy (non-hydrogen) atoms. The summed E-state index contributed by atoms with van der Waals surface area (Å²) in [6, 6.07) is 9.96. The minimum atomic E-state index is -0.395. The molecule has 1 aromatic carbocycles. The average molecular weight is 259 g/mol. The van der Waals surface area contributed by atoms with Gasteiger partial charge in [0.2, 0.25) is 0 Å². The molecule has 0 saturated heterocycles. The molecule has 0 bridgehead atoms. The maximum atomic E-state index is 5.82. The molecule has 4 nitrogen and oxygen atoms in total. The number of hydrogen-bond acceptors (Lipinski definition) is 4. The van der Waals surface area contributed by atoms with Gasteiger partial charge in [-0.05, 0) is 38.5 Å². The van der Waals surface area contributed by atoms with Gasteiger partial charge in [-0.2, -0.15) is 0 Å². The van der Waals surface area contributed by atoms with Crippen LogP contribution in [-0.2, 0) is 4.74 Å². The molecule has 0 fully saturated rings. The summed E-state index contributed by atoms with van der Waals surface area (Å²) in [7, 11) is 0. The van der Waals surface area contributed by atoms with Crippen LogP contribution in [0.1, 0.15) is 32.4 Å². The van der Waals surface area contributed by atoms with E-state index >= 15 is 0 Å². The van der Waals surface area contributed by atoms with E-state index in [1.165, 1.54) is 0 Å². The lowest BCUT2D eigenvalue weighted by atomic mass is 9.89. The number of nitrogens with one attached hydrogen (secondary N) is 1. The third-order valence-electron chi connectivity index (χ3n) is 3.37. The number of ether oxygens (including phenoxy) is 1. The van der Waals surface area contributed by atoms with Gasteiger partial charge >= 0.3 is 0 Å². The van der Waals surface area contributed by atoms with Crippen LogP contribution in [0, 0.1) is 0 Å². The fourth-order valence-corrected chi connectivity index (χ4v) is 2.50. The first-order valence-corrected chi connectivity index (χ1v) is 6.54. The normalized spacial score (nSPS) is 13.7. The van der Waals surface area contributed by atoms with Crippen molar-refractivity contribution in [3.05, 3.63) is 42.1 Å². The molecule has 0 amide bonds. The molecule has 2 rings (SSSR count). The first-order chi connectivity index (χ1) is 9.10. The molecule has 1 heterocycles. The van der Waals surface area contributed by atoms with Crippen LogP contribution in [0.3, 0.4) is 0 Å². The summed E-state index contributed by atoms with van der Waals surface area (Å²) in [5.74, 6) is 5.76. The predicted molar refractivity (Wildman–Crippen MR) is 77.5 cm³/mol. The largest absolute Gasteiger partial charge is 0.374 e. The molecule has 1 atom stereocenters. The van der Waals surface area contributed by atoms with Crippen LogP contribution in [0.4, 0.5) is 0 Å². The fraction of sp³-hybridized carbons (Fsp3) is 0.400. The van der Waals surface area contributed by atoms with Crippen LogP contribution < -0.4 is 11.3 Å². The number of aromatic nitrogens is 1. The van der Waals surface area contributed by atoms with Crippen molar-refractivity contribution in [2.24, 2.45) is 5.84 Å². The number of rotatable bonds is 5. The fourth-order valence-electron chi connectivity index (χ4n) is 2.50. The Labute approximate surface area is 113 Å². The van der Waals surface area contributed by atoms with Gasteiger partial charge in [0.05, 0.1) is 17.2 Å². The summed E-state index contributed by atoms with van der Waals surface area (Å²) < 4.78 is 5.82. The van der Waals surface area contributed by atoms with Crippen molar-refractivity contribution in [3.8, 4) is 0 Å². The van der Waals surface area contributed by atoms with Gasteiger partial charge in [-0.25, -0.2) is 0 Å². The van der Waals surface area contributed by atoms with E-state index in [0.29, 0.717) is 6.61 Å². The number of nitrogens with two attached hydrogens (primary N) is 1. The Balaban J connectivity index is 2.52. The SMILES string of the molecule is CCOC(C)(C)C(NN)c1cccc2ncccc12. The maximum Gasteiger partial charge on any atom is 0.0833 e. The van der Waals surface area contributed by atoms with Gasteiger partial charge in [0, 0.05) is 18.2 Å². The number of benzene rings is 1. The highest BCUT2D eigenvalue weighted by Gasteiger charge is 2.31. The van der Waals surface area contributed by atoms with Crippen molar-refractivity contribution in [2.75, 3.05) is 6.61 Å². The topological polar surface area (TPSA) is 60.2 Å². The van der Waals surface area contributed by atoms with Crippen LogP contribution >= 0.6 is 0 Å². The highest BCUT2D eigenvalue weighted by Crippen LogP contribution is 2.32. The predicted octanol–water partition coefficient (Wildman–Crippen LogP) is 2.55. The zero-order valence-electron chi connectivity index (χ0n) is 11.7. The number of hydrazine groups is 1. The second kappa shape index (κ2) is 5.65. The smallest absolute Gasteiger partial charge is 0.0833 e. The van der Waals surface area contributed by atoms with Crippen LogP contribution in [0.2, 0.25) is 0 Å². The molecule has 4 heteroatoms. The van der Waals surface area contributed by atoms with E-state index in [2.05, 4.69) is 22.5 Å².